The Balaban J connectivity index is 0.000000310. The fraction of sp³-hybridized carbons (Fsp3) is 0.476. The van der Waals surface area contributed by atoms with Crippen LogP contribution in [0.15, 0.2) is 30.5 Å². The third-order valence-corrected chi connectivity index (χ3v) is 5.26. The molecule has 0 atom stereocenters. The largest absolute Gasteiger partial charge is 0.478 e. The minimum absolute atomic E-state index is 0.104. The average molecular weight is 417 g/mol. The zero-order valence-electron chi connectivity index (χ0n) is 17.5. The number of carboxylic acid groups (broad SMARTS) is 1. The summed E-state index contributed by atoms with van der Waals surface area (Å²) < 4.78 is 14.1. The normalized spacial score (nSPS) is 17.9. The first-order chi connectivity index (χ1) is 14.5. The number of rotatable bonds is 3. The maximum Gasteiger partial charge on any atom is 0.339 e. The lowest BCUT2D eigenvalue weighted by atomic mass is 10.1. The maximum absolute atomic E-state index is 14.1. The second kappa shape index (κ2) is 10.4. The highest BCUT2D eigenvalue weighted by Crippen LogP contribution is 2.26. The van der Waals surface area contributed by atoms with Gasteiger partial charge in [-0.15, -0.1) is 0 Å². The van der Waals surface area contributed by atoms with E-state index in [9.17, 15) is 14.3 Å². The van der Waals surface area contributed by atoms with Crippen LogP contribution in [0.2, 0.25) is 0 Å². The van der Waals surface area contributed by atoms with Crippen LogP contribution in [0.3, 0.4) is 0 Å². The minimum Gasteiger partial charge on any atom is -0.478 e. The number of aromatic carboxylic acids is 1. The molecule has 2 N–H and O–H groups in total. The summed E-state index contributed by atoms with van der Waals surface area (Å²) in [6, 6.07) is 6.03. The van der Waals surface area contributed by atoms with Gasteiger partial charge in [-0.2, -0.15) is 0 Å². The topological polar surface area (TPSA) is 84.8 Å². The second-order valence-corrected chi connectivity index (χ2v) is 7.56. The van der Waals surface area contributed by atoms with Crippen LogP contribution in [-0.2, 0) is 0 Å². The van der Waals surface area contributed by atoms with E-state index in [2.05, 4.69) is 32.1 Å². The molecule has 4 rings (SSSR count). The van der Waals surface area contributed by atoms with Crippen LogP contribution < -0.4 is 10.2 Å². The maximum atomic E-state index is 14.1. The van der Waals surface area contributed by atoms with Crippen molar-refractivity contribution in [1.82, 2.24) is 25.1 Å². The van der Waals surface area contributed by atoms with E-state index < -0.39 is 11.8 Å². The Morgan fingerprint density at radius 3 is 2.23 bits per heavy atom. The molecule has 0 bridgehead atoms. The number of nitrogens with zero attached hydrogens (tertiary/aromatic N) is 5. The van der Waals surface area contributed by atoms with Crippen LogP contribution in [0.4, 0.5) is 10.3 Å². The highest BCUT2D eigenvalue weighted by atomic mass is 19.1. The van der Waals surface area contributed by atoms with E-state index in [1.165, 1.54) is 31.4 Å². The molecule has 0 amide bonds. The van der Waals surface area contributed by atoms with Gasteiger partial charge >= 0.3 is 5.97 Å². The van der Waals surface area contributed by atoms with E-state index >= 15 is 0 Å². The predicted octanol–water partition coefficient (Wildman–Crippen LogP) is 1.25. The average Bonchev–Trinajstić information content (AvgIpc) is 2.75. The zero-order valence-corrected chi connectivity index (χ0v) is 17.5. The molecule has 0 spiro atoms. The number of carboxylic acids is 1. The highest BCUT2D eigenvalue weighted by Gasteiger charge is 2.22. The molecule has 2 aromatic rings. The van der Waals surface area contributed by atoms with Gasteiger partial charge in [-0.1, -0.05) is 12.1 Å². The van der Waals surface area contributed by atoms with E-state index in [-0.39, 0.29) is 16.8 Å². The van der Waals surface area contributed by atoms with Crippen molar-refractivity contribution < 1.29 is 14.3 Å². The molecule has 2 aliphatic heterocycles. The lowest BCUT2D eigenvalue weighted by Crippen LogP contribution is -2.45. The highest BCUT2D eigenvalue weighted by molar-refractivity contribution is 5.94. The van der Waals surface area contributed by atoms with E-state index in [0.717, 1.165) is 39.3 Å². The van der Waals surface area contributed by atoms with Crippen molar-refractivity contribution in [2.45, 2.75) is 0 Å². The molecular formula is C21H29FN6O2. The minimum atomic E-state index is -1.17. The van der Waals surface area contributed by atoms with E-state index in [1.807, 2.05) is 11.9 Å². The standard InChI is InChI=1S/C16H17FN4O2.C5H12N2/c1-20-6-8-21(9-7-20)16-18-10-12(15(22)23)14(19-16)11-4-2-3-5-13(11)17;1-7-4-2-6-3-5-7/h2-5,10H,6-9H2,1H3,(H,22,23);6H,2-5H2,1H3. The lowest BCUT2D eigenvalue weighted by Gasteiger charge is -2.32. The van der Waals surface area contributed by atoms with E-state index in [4.69, 9.17) is 0 Å². The number of carbonyl (C=O) groups is 1. The Morgan fingerprint density at radius 2 is 1.67 bits per heavy atom. The van der Waals surface area contributed by atoms with Crippen molar-refractivity contribution in [3.8, 4) is 11.3 Å². The molecule has 0 saturated carbocycles. The summed E-state index contributed by atoms with van der Waals surface area (Å²) in [5.74, 6) is -1.24. The van der Waals surface area contributed by atoms with Crippen LogP contribution in [-0.4, -0.2) is 97.3 Å². The Kier molecular flexibility index (Phi) is 7.67. The molecule has 0 aliphatic carbocycles. The SMILES string of the molecule is CN1CCN(c2ncc(C(=O)O)c(-c3ccccc3F)n2)CC1.CN1CCNCC1. The number of benzene rings is 1. The molecule has 2 fully saturated rings. The number of nitrogens with one attached hydrogen (secondary N) is 1. The first-order valence-corrected chi connectivity index (χ1v) is 10.1. The number of anilines is 1. The summed E-state index contributed by atoms with van der Waals surface area (Å²) in [5.41, 5.74) is 0.176. The summed E-state index contributed by atoms with van der Waals surface area (Å²) in [7, 11) is 4.19. The monoisotopic (exact) mass is 416 g/mol. The van der Waals surface area contributed by atoms with Gasteiger partial charge in [0.2, 0.25) is 5.95 Å². The van der Waals surface area contributed by atoms with Crippen molar-refractivity contribution >= 4 is 11.9 Å². The predicted molar refractivity (Wildman–Crippen MR) is 114 cm³/mol. The molecule has 0 unspecified atom stereocenters. The first kappa shape index (κ1) is 22.1. The molecule has 30 heavy (non-hydrogen) atoms. The molecule has 1 aromatic heterocycles. The van der Waals surface area contributed by atoms with Crippen LogP contribution in [0.5, 0.6) is 0 Å². The molecule has 0 radical (unpaired) electrons. The van der Waals surface area contributed by atoms with Gasteiger partial charge in [-0.3, -0.25) is 0 Å². The van der Waals surface area contributed by atoms with Gasteiger partial charge in [0.25, 0.3) is 0 Å². The molecule has 2 aliphatic rings. The number of halogens is 1. The van der Waals surface area contributed by atoms with Gasteiger partial charge in [0.05, 0.1) is 5.69 Å². The van der Waals surface area contributed by atoms with Crippen molar-refractivity contribution in [2.24, 2.45) is 0 Å². The van der Waals surface area contributed by atoms with E-state index in [0.29, 0.717) is 5.95 Å². The Bertz CT molecular complexity index is 851. The van der Waals surface area contributed by atoms with Crippen molar-refractivity contribution in [3.05, 3.63) is 41.8 Å². The summed E-state index contributed by atoms with van der Waals surface area (Å²) in [5, 5.41) is 12.6. The summed E-state index contributed by atoms with van der Waals surface area (Å²) in [6.07, 6.45) is 1.25. The number of hydrogen-bond donors (Lipinski definition) is 2. The molecule has 1 aromatic carbocycles. The Labute approximate surface area is 176 Å². The van der Waals surface area contributed by atoms with Gasteiger partial charge in [0.1, 0.15) is 11.4 Å². The fourth-order valence-electron chi connectivity index (χ4n) is 3.32. The zero-order chi connectivity index (χ0) is 21.5. The molecular weight excluding hydrogens is 387 g/mol. The van der Waals surface area contributed by atoms with Crippen LogP contribution in [0.1, 0.15) is 10.4 Å². The van der Waals surface area contributed by atoms with Gasteiger partial charge in [0, 0.05) is 64.1 Å². The number of piperazine rings is 2. The first-order valence-electron chi connectivity index (χ1n) is 10.1. The third-order valence-electron chi connectivity index (χ3n) is 5.26. The van der Waals surface area contributed by atoms with Gasteiger partial charge in [0.15, 0.2) is 0 Å². The second-order valence-electron chi connectivity index (χ2n) is 7.56. The van der Waals surface area contributed by atoms with Crippen molar-refractivity contribution in [1.29, 1.82) is 0 Å². The van der Waals surface area contributed by atoms with Crippen molar-refractivity contribution in [2.75, 3.05) is 71.4 Å². The smallest absolute Gasteiger partial charge is 0.339 e. The van der Waals surface area contributed by atoms with Crippen LogP contribution >= 0.6 is 0 Å². The summed E-state index contributed by atoms with van der Waals surface area (Å²) >= 11 is 0. The number of aromatic nitrogens is 2. The third kappa shape index (κ3) is 5.71. The molecule has 162 valence electrons. The lowest BCUT2D eigenvalue weighted by molar-refractivity contribution is 0.0697. The van der Waals surface area contributed by atoms with Crippen LogP contribution in [0.25, 0.3) is 11.3 Å². The van der Waals surface area contributed by atoms with E-state index in [1.54, 1.807) is 12.1 Å². The Hall–Kier alpha value is -2.62. The van der Waals surface area contributed by atoms with Gasteiger partial charge < -0.3 is 25.1 Å². The number of hydrogen-bond acceptors (Lipinski definition) is 7. The Morgan fingerprint density at radius 1 is 1.03 bits per heavy atom. The van der Waals surface area contributed by atoms with Gasteiger partial charge in [-0.25, -0.2) is 19.2 Å². The molecule has 9 heteroatoms. The number of likely N-dealkylation sites (N-methyl/N-ethyl adjacent to an activating group) is 2. The van der Waals surface area contributed by atoms with Crippen LogP contribution in [0, 0.1) is 5.82 Å². The molecule has 3 heterocycles. The van der Waals surface area contributed by atoms with Crippen molar-refractivity contribution in [3.63, 3.8) is 0 Å². The fourth-order valence-corrected chi connectivity index (χ4v) is 3.32. The molecule has 8 nitrogen and oxygen atoms in total. The summed E-state index contributed by atoms with van der Waals surface area (Å²) in [6.45, 7) is 7.99. The van der Waals surface area contributed by atoms with Gasteiger partial charge in [-0.05, 0) is 26.2 Å². The quantitative estimate of drug-likeness (QED) is 0.774. The molecule has 2 saturated heterocycles. The summed E-state index contributed by atoms with van der Waals surface area (Å²) in [4.78, 5) is 26.4.